The minimum atomic E-state index is -0.980. The highest BCUT2D eigenvalue weighted by atomic mass is 19.1. The predicted molar refractivity (Wildman–Crippen MR) is 76.3 cm³/mol. The Morgan fingerprint density at radius 1 is 1.48 bits per heavy atom. The van der Waals surface area contributed by atoms with Crippen LogP contribution in [-0.4, -0.2) is 33.0 Å². The number of aromatic nitrogens is 2. The van der Waals surface area contributed by atoms with E-state index in [1.165, 1.54) is 12.1 Å². The standard InChI is InChI=1S/C15H18FN3O2/c1-9-6-11(4-5-12(9)16)14(15(20)21)19(3)8-13-17-7-10(2)18-13/h4-7,14H,8H2,1-3H3,(H,17,18)(H,20,21). The van der Waals surface area contributed by atoms with Crippen LogP contribution in [0.5, 0.6) is 0 Å². The normalized spacial score (nSPS) is 12.6. The van der Waals surface area contributed by atoms with E-state index in [4.69, 9.17) is 0 Å². The van der Waals surface area contributed by atoms with Crippen molar-refractivity contribution in [3.63, 3.8) is 0 Å². The summed E-state index contributed by atoms with van der Waals surface area (Å²) in [4.78, 5) is 20.5. The zero-order valence-electron chi connectivity index (χ0n) is 12.2. The molecular weight excluding hydrogens is 273 g/mol. The van der Waals surface area contributed by atoms with Crippen LogP contribution in [0.2, 0.25) is 0 Å². The summed E-state index contributed by atoms with van der Waals surface area (Å²) in [5.41, 5.74) is 1.90. The molecule has 1 atom stereocenters. The SMILES string of the molecule is Cc1cnc(CN(C)C(C(=O)O)c2ccc(F)c(C)c2)[nH]1. The van der Waals surface area contributed by atoms with E-state index < -0.39 is 12.0 Å². The van der Waals surface area contributed by atoms with Gasteiger partial charge in [-0.1, -0.05) is 12.1 Å². The molecule has 0 aliphatic carbocycles. The fourth-order valence-corrected chi connectivity index (χ4v) is 2.30. The summed E-state index contributed by atoms with van der Waals surface area (Å²) >= 11 is 0. The fourth-order valence-electron chi connectivity index (χ4n) is 2.30. The summed E-state index contributed by atoms with van der Waals surface area (Å²) in [7, 11) is 1.70. The van der Waals surface area contributed by atoms with Crippen molar-refractivity contribution < 1.29 is 14.3 Å². The third-order valence-electron chi connectivity index (χ3n) is 3.33. The number of nitrogens with one attached hydrogen (secondary N) is 1. The van der Waals surface area contributed by atoms with Crippen molar-refractivity contribution >= 4 is 5.97 Å². The monoisotopic (exact) mass is 291 g/mol. The van der Waals surface area contributed by atoms with E-state index in [2.05, 4.69) is 9.97 Å². The maximum absolute atomic E-state index is 13.3. The van der Waals surface area contributed by atoms with Crippen molar-refractivity contribution in [1.29, 1.82) is 0 Å². The number of aromatic amines is 1. The Morgan fingerprint density at radius 3 is 2.71 bits per heavy atom. The molecule has 2 rings (SSSR count). The van der Waals surface area contributed by atoms with E-state index in [-0.39, 0.29) is 5.82 Å². The molecular formula is C15H18FN3O2. The molecule has 0 amide bonds. The first-order valence-corrected chi connectivity index (χ1v) is 6.58. The van der Waals surface area contributed by atoms with Gasteiger partial charge in [0.05, 0.1) is 6.54 Å². The van der Waals surface area contributed by atoms with Crippen LogP contribution in [0.4, 0.5) is 4.39 Å². The predicted octanol–water partition coefficient (Wildman–Crippen LogP) is 2.42. The molecule has 1 heterocycles. The highest BCUT2D eigenvalue weighted by Gasteiger charge is 2.25. The molecule has 0 aliphatic heterocycles. The van der Waals surface area contributed by atoms with Crippen LogP contribution >= 0.6 is 0 Å². The van der Waals surface area contributed by atoms with Crippen LogP contribution < -0.4 is 0 Å². The second-order valence-electron chi connectivity index (χ2n) is 5.18. The molecule has 2 aromatic rings. The van der Waals surface area contributed by atoms with Gasteiger partial charge in [0.1, 0.15) is 17.7 Å². The van der Waals surface area contributed by atoms with Crippen LogP contribution in [0.1, 0.15) is 28.7 Å². The summed E-state index contributed by atoms with van der Waals surface area (Å²) < 4.78 is 13.3. The van der Waals surface area contributed by atoms with Gasteiger partial charge in [0.2, 0.25) is 0 Å². The molecule has 0 aliphatic rings. The summed E-state index contributed by atoms with van der Waals surface area (Å²) in [5.74, 6) is -0.626. The number of hydrogen-bond acceptors (Lipinski definition) is 3. The zero-order valence-corrected chi connectivity index (χ0v) is 12.2. The highest BCUT2D eigenvalue weighted by molar-refractivity contribution is 5.75. The molecule has 0 saturated heterocycles. The molecule has 0 radical (unpaired) electrons. The molecule has 2 N–H and O–H groups in total. The van der Waals surface area contributed by atoms with Gasteiger partial charge in [0.15, 0.2) is 0 Å². The number of hydrogen-bond donors (Lipinski definition) is 2. The van der Waals surface area contributed by atoms with Crippen molar-refractivity contribution in [2.75, 3.05) is 7.05 Å². The van der Waals surface area contributed by atoms with Crippen molar-refractivity contribution in [3.8, 4) is 0 Å². The maximum atomic E-state index is 13.3. The van der Waals surface area contributed by atoms with Crippen LogP contribution in [0.15, 0.2) is 24.4 Å². The number of carbonyl (C=O) groups is 1. The van der Waals surface area contributed by atoms with E-state index in [1.54, 1.807) is 31.1 Å². The fraction of sp³-hybridized carbons (Fsp3) is 0.333. The summed E-state index contributed by atoms with van der Waals surface area (Å²) in [6, 6.07) is 3.52. The lowest BCUT2D eigenvalue weighted by atomic mass is 10.0. The van der Waals surface area contributed by atoms with Gasteiger partial charge in [-0.3, -0.25) is 9.69 Å². The van der Waals surface area contributed by atoms with Gasteiger partial charge in [-0.15, -0.1) is 0 Å². The Morgan fingerprint density at radius 2 is 2.19 bits per heavy atom. The quantitative estimate of drug-likeness (QED) is 0.887. The van der Waals surface area contributed by atoms with Gasteiger partial charge < -0.3 is 10.1 Å². The average Bonchev–Trinajstić information content (AvgIpc) is 2.79. The molecule has 0 saturated carbocycles. The van der Waals surface area contributed by atoms with E-state index in [1.807, 2.05) is 6.92 Å². The van der Waals surface area contributed by atoms with Crippen molar-refractivity contribution in [1.82, 2.24) is 14.9 Å². The molecule has 1 unspecified atom stereocenters. The lowest BCUT2D eigenvalue weighted by molar-refractivity contribution is -0.143. The van der Waals surface area contributed by atoms with Crippen LogP contribution in [0.3, 0.4) is 0 Å². The Balaban J connectivity index is 2.25. The molecule has 21 heavy (non-hydrogen) atoms. The zero-order chi connectivity index (χ0) is 15.6. The van der Waals surface area contributed by atoms with Gasteiger partial charge in [-0.05, 0) is 38.1 Å². The number of H-pyrrole nitrogens is 1. The third kappa shape index (κ3) is 3.46. The minimum absolute atomic E-state index is 0.341. The van der Waals surface area contributed by atoms with Gasteiger partial charge in [-0.2, -0.15) is 0 Å². The Bertz CT molecular complexity index is 654. The summed E-state index contributed by atoms with van der Waals surface area (Å²) in [6.07, 6.45) is 1.70. The average molecular weight is 291 g/mol. The van der Waals surface area contributed by atoms with E-state index in [9.17, 15) is 14.3 Å². The smallest absolute Gasteiger partial charge is 0.325 e. The summed E-state index contributed by atoms with van der Waals surface area (Å²) in [5, 5.41) is 9.47. The molecule has 0 fully saturated rings. The van der Waals surface area contributed by atoms with Gasteiger partial charge in [0, 0.05) is 11.9 Å². The number of aryl methyl sites for hydroxylation is 2. The van der Waals surface area contributed by atoms with Crippen molar-refractivity contribution in [2.45, 2.75) is 26.4 Å². The second kappa shape index (κ2) is 6.05. The van der Waals surface area contributed by atoms with Crippen LogP contribution in [-0.2, 0) is 11.3 Å². The molecule has 0 bridgehead atoms. The largest absolute Gasteiger partial charge is 0.480 e. The first kappa shape index (κ1) is 15.2. The minimum Gasteiger partial charge on any atom is -0.480 e. The van der Waals surface area contributed by atoms with Gasteiger partial charge in [0.25, 0.3) is 0 Å². The van der Waals surface area contributed by atoms with Crippen molar-refractivity contribution in [2.24, 2.45) is 0 Å². The second-order valence-corrected chi connectivity index (χ2v) is 5.18. The van der Waals surface area contributed by atoms with Gasteiger partial charge in [-0.25, -0.2) is 9.37 Å². The van der Waals surface area contributed by atoms with E-state index in [0.717, 1.165) is 5.69 Å². The number of rotatable bonds is 5. The lowest BCUT2D eigenvalue weighted by Crippen LogP contribution is -2.31. The lowest BCUT2D eigenvalue weighted by Gasteiger charge is -2.24. The number of aliphatic carboxylic acids is 1. The Kier molecular flexibility index (Phi) is 4.37. The molecule has 0 spiro atoms. The third-order valence-corrected chi connectivity index (χ3v) is 3.33. The van der Waals surface area contributed by atoms with E-state index in [0.29, 0.717) is 23.5 Å². The maximum Gasteiger partial charge on any atom is 0.325 e. The number of carboxylic acid groups (broad SMARTS) is 1. The molecule has 5 nitrogen and oxygen atoms in total. The first-order chi connectivity index (χ1) is 9.88. The summed E-state index contributed by atoms with van der Waals surface area (Å²) in [6.45, 7) is 3.86. The number of halogens is 1. The Hall–Kier alpha value is -2.21. The Labute approximate surface area is 122 Å². The van der Waals surface area contributed by atoms with Crippen LogP contribution in [0.25, 0.3) is 0 Å². The van der Waals surface area contributed by atoms with Crippen molar-refractivity contribution in [3.05, 3.63) is 52.9 Å². The van der Waals surface area contributed by atoms with Crippen LogP contribution in [0, 0.1) is 19.7 Å². The van der Waals surface area contributed by atoms with E-state index >= 15 is 0 Å². The number of likely N-dealkylation sites (N-methyl/N-ethyl adjacent to an activating group) is 1. The molecule has 1 aromatic carbocycles. The molecule has 112 valence electrons. The number of nitrogens with zero attached hydrogens (tertiary/aromatic N) is 2. The molecule has 1 aromatic heterocycles. The highest BCUT2D eigenvalue weighted by Crippen LogP contribution is 2.23. The topological polar surface area (TPSA) is 69.2 Å². The number of imidazole rings is 1. The number of carboxylic acids is 1. The van der Waals surface area contributed by atoms with Gasteiger partial charge >= 0.3 is 5.97 Å². The number of benzene rings is 1. The first-order valence-electron chi connectivity index (χ1n) is 6.58. The molecule has 6 heteroatoms.